The van der Waals surface area contributed by atoms with E-state index < -0.39 is 10.0 Å². The topological polar surface area (TPSA) is 59.1 Å². The van der Waals surface area contributed by atoms with Crippen molar-refractivity contribution in [3.05, 3.63) is 46.7 Å². The van der Waals surface area contributed by atoms with Crippen LogP contribution < -0.4 is 4.74 Å². The van der Waals surface area contributed by atoms with Crippen molar-refractivity contribution >= 4 is 21.4 Å². The minimum Gasteiger partial charge on any atom is -0.492 e. The third kappa shape index (κ3) is 5.52. The fourth-order valence-electron chi connectivity index (χ4n) is 2.91. The zero-order chi connectivity index (χ0) is 19.1. The zero-order valence-electron chi connectivity index (χ0n) is 15.5. The Morgan fingerprint density at radius 2 is 1.93 bits per heavy atom. The summed E-state index contributed by atoms with van der Waals surface area (Å²) in [7, 11) is -3.46. The number of likely N-dealkylation sites (N-methyl/N-ethyl adjacent to an activating group) is 1. The molecule has 3 rings (SSSR count). The van der Waals surface area contributed by atoms with Crippen molar-refractivity contribution in [2.75, 3.05) is 46.0 Å². The molecule has 0 bridgehead atoms. The molecule has 2 aromatic rings. The van der Waals surface area contributed by atoms with E-state index in [1.165, 1.54) is 9.18 Å². The highest BCUT2D eigenvalue weighted by atomic mass is 32.2. The largest absolute Gasteiger partial charge is 0.492 e. The molecule has 0 atom stereocenters. The van der Waals surface area contributed by atoms with Gasteiger partial charge in [0.1, 0.15) is 12.4 Å². The first-order valence-electron chi connectivity index (χ1n) is 9.15. The molecule has 6 nitrogen and oxygen atoms in total. The summed E-state index contributed by atoms with van der Waals surface area (Å²) in [6, 6.07) is 10.9. The Labute approximate surface area is 165 Å². The normalized spacial score (nSPS) is 15.9. The van der Waals surface area contributed by atoms with Crippen LogP contribution >= 0.6 is 11.3 Å². The van der Waals surface area contributed by atoms with Crippen LogP contribution in [0.15, 0.2) is 46.7 Å². The van der Waals surface area contributed by atoms with Crippen molar-refractivity contribution < 1.29 is 17.9 Å². The van der Waals surface area contributed by atoms with Gasteiger partial charge in [0.2, 0.25) is 10.0 Å². The number of hydrogen-bond donors (Lipinski definition) is 0. The van der Waals surface area contributed by atoms with E-state index in [1.54, 1.807) is 35.6 Å². The van der Waals surface area contributed by atoms with Gasteiger partial charge in [-0.2, -0.15) is 4.31 Å². The van der Waals surface area contributed by atoms with Crippen molar-refractivity contribution in [2.24, 2.45) is 0 Å². The number of sulfonamides is 1. The fraction of sp³-hybridized carbons (Fsp3) is 0.474. The maximum atomic E-state index is 12.6. The molecule has 1 fully saturated rings. The van der Waals surface area contributed by atoms with Crippen LogP contribution in [0.4, 0.5) is 0 Å². The average molecular weight is 411 g/mol. The average Bonchev–Trinajstić information content (AvgIpc) is 3.21. The molecule has 1 saturated heterocycles. The lowest BCUT2D eigenvalue weighted by atomic mass is 10.3. The van der Waals surface area contributed by atoms with Gasteiger partial charge in [-0.15, -0.1) is 11.3 Å². The van der Waals surface area contributed by atoms with Crippen LogP contribution in [0.25, 0.3) is 0 Å². The summed E-state index contributed by atoms with van der Waals surface area (Å²) in [4.78, 5) is 3.96. The first kappa shape index (κ1) is 20.3. The Morgan fingerprint density at radius 3 is 2.56 bits per heavy atom. The SMILES string of the molecule is CCN(CCOc1ccc(S(=O)(=O)N2CCOCC2)cc1)Cc1cccs1. The van der Waals surface area contributed by atoms with E-state index in [1.807, 2.05) is 0 Å². The molecular weight excluding hydrogens is 384 g/mol. The highest BCUT2D eigenvalue weighted by Gasteiger charge is 2.26. The highest BCUT2D eigenvalue weighted by molar-refractivity contribution is 7.89. The van der Waals surface area contributed by atoms with Gasteiger partial charge in [-0.3, -0.25) is 4.90 Å². The second-order valence-electron chi connectivity index (χ2n) is 6.28. The van der Waals surface area contributed by atoms with Crippen LogP contribution in [0.5, 0.6) is 5.75 Å². The molecule has 0 saturated carbocycles. The van der Waals surface area contributed by atoms with Crippen molar-refractivity contribution in [1.82, 2.24) is 9.21 Å². The summed E-state index contributed by atoms with van der Waals surface area (Å²) in [6.07, 6.45) is 0. The lowest BCUT2D eigenvalue weighted by molar-refractivity contribution is 0.0730. The molecule has 0 amide bonds. The summed E-state index contributed by atoms with van der Waals surface area (Å²) in [5, 5.41) is 2.09. The van der Waals surface area contributed by atoms with Crippen molar-refractivity contribution in [1.29, 1.82) is 0 Å². The quantitative estimate of drug-likeness (QED) is 0.636. The molecular formula is C19H26N2O4S2. The maximum absolute atomic E-state index is 12.6. The van der Waals surface area contributed by atoms with Gasteiger partial charge in [-0.25, -0.2) is 8.42 Å². The third-order valence-corrected chi connectivity index (χ3v) is 7.29. The highest BCUT2D eigenvalue weighted by Crippen LogP contribution is 2.20. The van der Waals surface area contributed by atoms with E-state index in [0.717, 1.165) is 19.6 Å². The number of rotatable bonds is 9. The van der Waals surface area contributed by atoms with Gasteiger partial charge < -0.3 is 9.47 Å². The van der Waals surface area contributed by atoms with Gasteiger partial charge in [-0.05, 0) is 42.3 Å². The molecule has 8 heteroatoms. The molecule has 1 aliphatic rings. The second kappa shape index (κ2) is 9.66. The lowest BCUT2D eigenvalue weighted by Gasteiger charge is -2.26. The molecule has 1 aromatic carbocycles. The van der Waals surface area contributed by atoms with Gasteiger partial charge in [0.05, 0.1) is 18.1 Å². The van der Waals surface area contributed by atoms with Crippen molar-refractivity contribution in [3.8, 4) is 5.75 Å². The Bertz CT molecular complexity index is 786. The van der Waals surface area contributed by atoms with Crippen molar-refractivity contribution in [3.63, 3.8) is 0 Å². The molecule has 0 spiro atoms. The molecule has 27 heavy (non-hydrogen) atoms. The fourth-order valence-corrected chi connectivity index (χ4v) is 5.06. The van der Waals surface area contributed by atoms with E-state index in [0.29, 0.717) is 43.6 Å². The summed E-state index contributed by atoms with van der Waals surface area (Å²) in [6.45, 7) is 7.09. The molecule has 0 N–H and O–H groups in total. The third-order valence-electron chi connectivity index (χ3n) is 4.51. The first-order chi connectivity index (χ1) is 13.1. The smallest absolute Gasteiger partial charge is 0.243 e. The lowest BCUT2D eigenvalue weighted by Crippen LogP contribution is -2.40. The van der Waals surface area contributed by atoms with E-state index in [-0.39, 0.29) is 0 Å². The molecule has 1 aromatic heterocycles. The summed E-state index contributed by atoms with van der Waals surface area (Å²) < 4.78 is 37.7. The molecule has 1 aliphatic heterocycles. The molecule has 0 aliphatic carbocycles. The van der Waals surface area contributed by atoms with Gasteiger partial charge in [0, 0.05) is 31.1 Å². The number of ether oxygens (including phenoxy) is 2. The van der Waals surface area contributed by atoms with Crippen LogP contribution in [0.3, 0.4) is 0 Å². The Hall–Kier alpha value is -1.45. The minimum absolute atomic E-state index is 0.296. The van der Waals surface area contributed by atoms with Crippen LogP contribution in [0.2, 0.25) is 0 Å². The minimum atomic E-state index is -3.46. The summed E-state index contributed by atoms with van der Waals surface area (Å²) >= 11 is 1.76. The van der Waals surface area contributed by atoms with Crippen molar-refractivity contribution in [2.45, 2.75) is 18.4 Å². The van der Waals surface area contributed by atoms with Crippen LogP contribution in [-0.4, -0.2) is 63.6 Å². The van der Waals surface area contributed by atoms with E-state index >= 15 is 0 Å². The maximum Gasteiger partial charge on any atom is 0.243 e. The van der Waals surface area contributed by atoms with Gasteiger partial charge in [0.15, 0.2) is 0 Å². The van der Waals surface area contributed by atoms with E-state index in [2.05, 4.69) is 29.3 Å². The summed E-state index contributed by atoms with van der Waals surface area (Å²) in [5.41, 5.74) is 0. The second-order valence-corrected chi connectivity index (χ2v) is 9.25. The number of hydrogen-bond acceptors (Lipinski definition) is 6. The summed E-state index contributed by atoms with van der Waals surface area (Å²) in [5.74, 6) is 0.683. The Balaban J connectivity index is 1.51. The Morgan fingerprint density at radius 1 is 1.19 bits per heavy atom. The van der Waals surface area contributed by atoms with Crippen LogP contribution in [0, 0.1) is 0 Å². The molecule has 0 radical (unpaired) electrons. The number of morpholine rings is 1. The molecule has 148 valence electrons. The van der Waals surface area contributed by atoms with Crippen LogP contribution in [0.1, 0.15) is 11.8 Å². The van der Waals surface area contributed by atoms with E-state index in [9.17, 15) is 8.42 Å². The monoisotopic (exact) mass is 410 g/mol. The predicted molar refractivity (Wildman–Crippen MR) is 107 cm³/mol. The molecule has 2 heterocycles. The van der Waals surface area contributed by atoms with Gasteiger partial charge in [-0.1, -0.05) is 13.0 Å². The number of nitrogens with zero attached hydrogens (tertiary/aromatic N) is 2. The van der Waals surface area contributed by atoms with Gasteiger partial charge >= 0.3 is 0 Å². The standard InChI is InChI=1S/C19H26N2O4S2/c1-2-20(16-18-4-3-15-26-18)9-14-25-17-5-7-19(8-6-17)27(22,23)21-10-12-24-13-11-21/h3-8,15H,2,9-14,16H2,1H3. The van der Waals surface area contributed by atoms with Gasteiger partial charge in [0.25, 0.3) is 0 Å². The van der Waals surface area contributed by atoms with Crippen LogP contribution in [-0.2, 0) is 21.3 Å². The number of benzene rings is 1. The predicted octanol–water partition coefficient (Wildman–Crippen LogP) is 2.67. The molecule has 0 unspecified atom stereocenters. The Kier molecular flexibility index (Phi) is 7.26. The first-order valence-corrected chi connectivity index (χ1v) is 11.5. The zero-order valence-corrected chi connectivity index (χ0v) is 17.2. The number of thiophene rings is 1. The van der Waals surface area contributed by atoms with E-state index in [4.69, 9.17) is 9.47 Å².